The van der Waals surface area contributed by atoms with Crippen molar-refractivity contribution in [3.8, 4) is 17.6 Å². The average molecular weight is 526 g/mol. The van der Waals surface area contributed by atoms with E-state index in [0.717, 1.165) is 16.5 Å². The first-order valence-electron chi connectivity index (χ1n) is 10.3. The maximum atomic E-state index is 12.6. The molecule has 3 rings (SSSR count). The van der Waals surface area contributed by atoms with Crippen LogP contribution < -0.4 is 14.8 Å². The summed E-state index contributed by atoms with van der Waals surface area (Å²) in [5.74, 6) is 0.733. The van der Waals surface area contributed by atoms with Crippen molar-refractivity contribution >= 4 is 45.2 Å². The molecule has 0 spiro atoms. The molecule has 7 heteroatoms. The van der Waals surface area contributed by atoms with Gasteiger partial charge >= 0.3 is 0 Å². The minimum Gasteiger partial charge on any atom is -0.492 e. The first-order valence-corrected chi connectivity index (χ1v) is 11.5. The Morgan fingerprint density at radius 3 is 2.45 bits per heavy atom. The summed E-state index contributed by atoms with van der Waals surface area (Å²) >= 11 is 9.64. The normalized spacial score (nSPS) is 10.9. The van der Waals surface area contributed by atoms with E-state index in [1.807, 2.05) is 37.3 Å². The highest BCUT2D eigenvalue weighted by molar-refractivity contribution is 9.10. The zero-order valence-electron chi connectivity index (χ0n) is 18.0. The van der Waals surface area contributed by atoms with E-state index in [-0.39, 0.29) is 5.57 Å². The van der Waals surface area contributed by atoms with Crippen LogP contribution in [0, 0.1) is 11.3 Å². The molecule has 33 heavy (non-hydrogen) atoms. The molecule has 0 aliphatic carbocycles. The lowest BCUT2D eigenvalue weighted by Gasteiger charge is -2.09. The smallest absolute Gasteiger partial charge is 0.266 e. The standard InChI is InChI=1S/C26H22BrClN2O3/c1-2-13-32-25-12-5-19(15-24(25)28)14-20(16-29)26(31)30-22-8-10-23(11-9-22)33-17-18-3-6-21(27)7-4-18/h3-12,14-15H,2,13,17H2,1H3,(H,30,31)/b20-14+. The van der Waals surface area contributed by atoms with Crippen molar-refractivity contribution in [2.75, 3.05) is 11.9 Å². The van der Waals surface area contributed by atoms with Crippen LogP contribution in [-0.4, -0.2) is 12.5 Å². The van der Waals surface area contributed by atoms with Crippen LogP contribution in [0.25, 0.3) is 6.08 Å². The van der Waals surface area contributed by atoms with Gasteiger partial charge in [0.15, 0.2) is 0 Å². The number of nitrogens with one attached hydrogen (secondary N) is 1. The lowest BCUT2D eigenvalue weighted by Crippen LogP contribution is -2.13. The zero-order chi connectivity index (χ0) is 23.6. The first-order chi connectivity index (χ1) is 16.0. The topological polar surface area (TPSA) is 71.3 Å². The van der Waals surface area contributed by atoms with Crippen molar-refractivity contribution in [3.63, 3.8) is 0 Å². The molecule has 0 atom stereocenters. The molecule has 168 valence electrons. The molecule has 0 aliphatic heterocycles. The van der Waals surface area contributed by atoms with Crippen molar-refractivity contribution in [1.82, 2.24) is 0 Å². The van der Waals surface area contributed by atoms with Gasteiger partial charge in [0.1, 0.15) is 29.7 Å². The van der Waals surface area contributed by atoms with Crippen LogP contribution >= 0.6 is 27.5 Å². The molecule has 0 bridgehead atoms. The summed E-state index contributed by atoms with van der Waals surface area (Å²) in [6.07, 6.45) is 2.36. The molecule has 0 heterocycles. The van der Waals surface area contributed by atoms with E-state index >= 15 is 0 Å². The fraction of sp³-hybridized carbons (Fsp3) is 0.154. The van der Waals surface area contributed by atoms with Crippen molar-refractivity contribution < 1.29 is 14.3 Å². The Kier molecular flexibility index (Phi) is 8.94. The van der Waals surface area contributed by atoms with Crippen LogP contribution in [0.5, 0.6) is 11.5 Å². The molecule has 3 aromatic rings. The highest BCUT2D eigenvalue weighted by atomic mass is 79.9. The van der Waals surface area contributed by atoms with E-state index in [2.05, 4.69) is 21.2 Å². The maximum Gasteiger partial charge on any atom is 0.266 e. The Bertz CT molecular complexity index is 1170. The van der Waals surface area contributed by atoms with E-state index in [4.69, 9.17) is 21.1 Å². The molecule has 0 aliphatic rings. The van der Waals surface area contributed by atoms with Crippen molar-refractivity contribution in [2.24, 2.45) is 0 Å². The van der Waals surface area contributed by atoms with Crippen LogP contribution in [0.15, 0.2) is 76.8 Å². The van der Waals surface area contributed by atoms with E-state index in [0.29, 0.717) is 41.0 Å². The summed E-state index contributed by atoms with van der Waals surface area (Å²) in [7, 11) is 0. The van der Waals surface area contributed by atoms with E-state index in [1.54, 1.807) is 42.5 Å². The van der Waals surface area contributed by atoms with Gasteiger partial charge in [-0.15, -0.1) is 0 Å². The van der Waals surface area contributed by atoms with Crippen LogP contribution in [0.4, 0.5) is 5.69 Å². The van der Waals surface area contributed by atoms with Gasteiger partial charge in [0.25, 0.3) is 5.91 Å². The molecule has 3 aromatic carbocycles. The Labute approximate surface area is 206 Å². The maximum absolute atomic E-state index is 12.6. The number of hydrogen-bond acceptors (Lipinski definition) is 4. The lowest BCUT2D eigenvalue weighted by atomic mass is 10.1. The Morgan fingerprint density at radius 2 is 1.82 bits per heavy atom. The Morgan fingerprint density at radius 1 is 1.09 bits per heavy atom. The molecule has 0 aromatic heterocycles. The number of nitrogens with zero attached hydrogens (tertiary/aromatic N) is 1. The largest absolute Gasteiger partial charge is 0.492 e. The number of anilines is 1. The second kappa shape index (κ2) is 12.1. The number of amides is 1. The molecule has 0 saturated carbocycles. The number of carbonyl (C=O) groups excluding carboxylic acids is 1. The van der Waals surface area contributed by atoms with E-state index in [1.165, 1.54) is 6.08 Å². The second-order valence-electron chi connectivity index (χ2n) is 7.10. The molecule has 0 unspecified atom stereocenters. The second-order valence-corrected chi connectivity index (χ2v) is 8.42. The van der Waals surface area contributed by atoms with Crippen molar-refractivity contribution in [1.29, 1.82) is 5.26 Å². The molecular formula is C26H22BrClN2O3. The highest BCUT2D eigenvalue weighted by Crippen LogP contribution is 2.27. The minimum absolute atomic E-state index is 0.0381. The molecular weight excluding hydrogens is 504 g/mol. The molecule has 0 fully saturated rings. The highest BCUT2D eigenvalue weighted by Gasteiger charge is 2.11. The molecule has 0 saturated heterocycles. The number of benzene rings is 3. The van der Waals surface area contributed by atoms with Gasteiger partial charge in [-0.05, 0) is 72.2 Å². The van der Waals surface area contributed by atoms with E-state index < -0.39 is 5.91 Å². The number of halogens is 2. The monoisotopic (exact) mass is 524 g/mol. The number of carbonyl (C=O) groups is 1. The minimum atomic E-state index is -0.511. The summed E-state index contributed by atoms with van der Waals surface area (Å²) < 4.78 is 12.3. The molecule has 0 radical (unpaired) electrons. The number of rotatable bonds is 9. The summed E-state index contributed by atoms with van der Waals surface area (Å²) in [5, 5.41) is 12.6. The van der Waals surface area contributed by atoms with Crippen LogP contribution in [0.2, 0.25) is 5.02 Å². The van der Waals surface area contributed by atoms with Crippen LogP contribution in [0.1, 0.15) is 24.5 Å². The fourth-order valence-corrected chi connectivity index (χ4v) is 3.34. The SMILES string of the molecule is CCCOc1ccc(/C=C(\C#N)C(=O)Nc2ccc(OCc3ccc(Br)cc3)cc2)cc1Cl. The predicted molar refractivity (Wildman–Crippen MR) is 134 cm³/mol. The summed E-state index contributed by atoms with van der Waals surface area (Å²) in [5.41, 5.74) is 2.19. The Balaban J connectivity index is 1.61. The van der Waals surface area contributed by atoms with E-state index in [9.17, 15) is 10.1 Å². The number of ether oxygens (including phenoxy) is 2. The quantitative estimate of drug-likeness (QED) is 0.241. The number of nitriles is 1. The fourth-order valence-electron chi connectivity index (χ4n) is 2.83. The third-order valence-electron chi connectivity index (χ3n) is 4.52. The first kappa shape index (κ1) is 24.4. The van der Waals surface area contributed by atoms with Gasteiger partial charge in [0, 0.05) is 10.2 Å². The number of hydrogen-bond donors (Lipinski definition) is 1. The molecule has 1 N–H and O–H groups in total. The van der Waals surface area contributed by atoms with Gasteiger partial charge in [-0.2, -0.15) is 5.26 Å². The third kappa shape index (κ3) is 7.38. The molecule has 1 amide bonds. The van der Waals surface area contributed by atoms with Crippen LogP contribution in [0.3, 0.4) is 0 Å². The predicted octanol–water partition coefficient (Wildman–Crippen LogP) is 7.02. The van der Waals surface area contributed by atoms with Gasteiger partial charge in [-0.1, -0.05) is 52.7 Å². The Hall–Kier alpha value is -3.27. The van der Waals surface area contributed by atoms with Gasteiger partial charge in [0.2, 0.25) is 0 Å². The summed E-state index contributed by atoms with van der Waals surface area (Å²) in [6, 6.07) is 21.9. The van der Waals surface area contributed by atoms with Gasteiger partial charge in [-0.3, -0.25) is 4.79 Å². The van der Waals surface area contributed by atoms with Gasteiger partial charge in [-0.25, -0.2) is 0 Å². The summed E-state index contributed by atoms with van der Waals surface area (Å²) in [6.45, 7) is 3.01. The van der Waals surface area contributed by atoms with Crippen molar-refractivity contribution in [2.45, 2.75) is 20.0 Å². The van der Waals surface area contributed by atoms with Gasteiger partial charge in [0.05, 0.1) is 11.6 Å². The average Bonchev–Trinajstić information content (AvgIpc) is 2.82. The lowest BCUT2D eigenvalue weighted by molar-refractivity contribution is -0.112. The summed E-state index contributed by atoms with van der Waals surface area (Å²) in [4.78, 5) is 12.6. The van der Waals surface area contributed by atoms with Gasteiger partial charge < -0.3 is 14.8 Å². The van der Waals surface area contributed by atoms with Crippen molar-refractivity contribution in [3.05, 3.63) is 92.9 Å². The van der Waals surface area contributed by atoms with Crippen LogP contribution in [-0.2, 0) is 11.4 Å². The molecule has 5 nitrogen and oxygen atoms in total. The zero-order valence-corrected chi connectivity index (χ0v) is 20.3. The third-order valence-corrected chi connectivity index (χ3v) is 5.35.